The van der Waals surface area contributed by atoms with Gasteiger partial charge in [-0.15, -0.1) is 0 Å². The first-order valence-corrected chi connectivity index (χ1v) is 7.64. The highest BCUT2D eigenvalue weighted by Gasteiger charge is 2.29. The molecule has 114 valence electrons. The topological polar surface area (TPSA) is 51.2 Å². The first kappa shape index (κ1) is 13.5. The number of hydrogen-bond donors (Lipinski definition) is 0. The average Bonchev–Trinajstić information content (AvgIpc) is 2.99. The minimum atomic E-state index is 0.493. The van der Waals surface area contributed by atoms with E-state index in [1.54, 1.807) is 0 Å². The minimum absolute atomic E-state index is 0.493. The first-order chi connectivity index (χ1) is 10.6. The van der Waals surface area contributed by atoms with Gasteiger partial charge < -0.3 is 0 Å². The number of hydrogen-bond acceptors (Lipinski definition) is 4. The first-order valence-electron chi connectivity index (χ1n) is 7.64. The Hall–Kier alpha value is -2.21. The van der Waals surface area contributed by atoms with Gasteiger partial charge in [0.25, 0.3) is 0 Å². The van der Waals surface area contributed by atoms with Gasteiger partial charge in [0, 0.05) is 43.4 Å². The van der Waals surface area contributed by atoms with E-state index < -0.39 is 0 Å². The van der Waals surface area contributed by atoms with Crippen molar-refractivity contribution in [1.82, 2.24) is 29.0 Å². The van der Waals surface area contributed by atoms with Gasteiger partial charge in [0.05, 0.1) is 17.9 Å². The number of rotatable bonds is 3. The van der Waals surface area contributed by atoms with Crippen LogP contribution in [0.1, 0.15) is 28.7 Å². The molecule has 0 unspecified atom stereocenters. The highest BCUT2D eigenvalue weighted by molar-refractivity contribution is 5.34. The quantitative estimate of drug-likeness (QED) is 0.741. The van der Waals surface area contributed by atoms with E-state index in [1.165, 1.54) is 11.3 Å². The van der Waals surface area contributed by atoms with Crippen LogP contribution in [0.5, 0.6) is 0 Å². The van der Waals surface area contributed by atoms with Gasteiger partial charge in [0.2, 0.25) is 5.78 Å². The highest BCUT2D eigenvalue weighted by atomic mass is 15.4. The molecule has 0 N–H and O–H groups in total. The summed E-state index contributed by atoms with van der Waals surface area (Å²) in [4.78, 5) is 11.5. The van der Waals surface area contributed by atoms with E-state index in [9.17, 15) is 0 Å². The van der Waals surface area contributed by atoms with E-state index in [0.29, 0.717) is 6.04 Å². The maximum Gasteiger partial charge on any atom is 0.234 e. The molecule has 1 aliphatic heterocycles. The molecule has 0 radical (unpaired) electrons. The molecule has 4 rings (SSSR count). The van der Waals surface area contributed by atoms with Crippen LogP contribution in [-0.2, 0) is 6.54 Å². The Morgan fingerprint density at radius 3 is 2.68 bits per heavy atom. The third-order valence-electron chi connectivity index (χ3n) is 4.24. The van der Waals surface area contributed by atoms with Crippen LogP contribution in [0.25, 0.3) is 5.78 Å². The summed E-state index contributed by atoms with van der Waals surface area (Å²) in [7, 11) is 0. The summed E-state index contributed by atoms with van der Waals surface area (Å²) in [6.07, 6.45) is 6.13. The number of fused-ring (bicyclic) bond motifs is 1. The lowest BCUT2D eigenvalue weighted by atomic mass is 10.1. The Labute approximate surface area is 129 Å². The molecule has 1 saturated heterocycles. The van der Waals surface area contributed by atoms with Crippen LogP contribution in [-0.4, -0.2) is 42.1 Å². The monoisotopic (exact) mass is 296 g/mol. The summed E-state index contributed by atoms with van der Waals surface area (Å²) < 4.78 is 4.14. The molecule has 4 heterocycles. The van der Waals surface area contributed by atoms with Gasteiger partial charge in [-0.1, -0.05) is 0 Å². The van der Waals surface area contributed by atoms with Crippen molar-refractivity contribution in [3.8, 4) is 0 Å². The van der Waals surface area contributed by atoms with Crippen LogP contribution in [0.15, 0.2) is 24.7 Å². The van der Waals surface area contributed by atoms with Crippen LogP contribution in [0, 0.1) is 20.8 Å². The molecular weight excluding hydrogens is 276 g/mol. The second kappa shape index (κ2) is 4.91. The number of imidazole rings is 1. The van der Waals surface area contributed by atoms with Gasteiger partial charge in [-0.2, -0.15) is 5.10 Å². The number of aromatic nitrogens is 5. The fraction of sp³-hybridized carbons (Fsp3) is 0.438. The maximum atomic E-state index is 4.65. The van der Waals surface area contributed by atoms with E-state index in [2.05, 4.69) is 61.4 Å². The van der Waals surface area contributed by atoms with Crippen molar-refractivity contribution in [3.63, 3.8) is 0 Å². The van der Waals surface area contributed by atoms with Gasteiger partial charge in [0.15, 0.2) is 0 Å². The lowest BCUT2D eigenvalue weighted by molar-refractivity contribution is 0.0897. The standard InChI is InChI=1S/C16H20N6/c1-11-5-17-22(6-11)15-9-20(10-15)7-14-8-21-13(3)4-12(2)18-16(21)19-14/h4-6,8,15H,7,9-10H2,1-3H3. The van der Waals surface area contributed by atoms with E-state index in [0.717, 1.165) is 36.8 Å². The van der Waals surface area contributed by atoms with Crippen LogP contribution in [0.3, 0.4) is 0 Å². The molecule has 1 aliphatic rings. The van der Waals surface area contributed by atoms with E-state index in [-0.39, 0.29) is 0 Å². The average molecular weight is 296 g/mol. The molecule has 3 aromatic heterocycles. The molecule has 0 atom stereocenters. The second-order valence-electron chi connectivity index (χ2n) is 6.29. The summed E-state index contributed by atoms with van der Waals surface area (Å²) in [5, 5.41) is 4.40. The summed E-state index contributed by atoms with van der Waals surface area (Å²) in [5.74, 6) is 0.798. The molecule has 6 nitrogen and oxygen atoms in total. The molecule has 0 saturated carbocycles. The Kier molecular flexibility index (Phi) is 3.00. The van der Waals surface area contributed by atoms with E-state index >= 15 is 0 Å². The van der Waals surface area contributed by atoms with Crippen LogP contribution in [0.4, 0.5) is 0 Å². The van der Waals surface area contributed by atoms with Crippen molar-refractivity contribution in [2.24, 2.45) is 0 Å². The molecule has 0 aliphatic carbocycles. The summed E-state index contributed by atoms with van der Waals surface area (Å²) in [6, 6.07) is 2.57. The normalized spacial score (nSPS) is 16.3. The van der Waals surface area contributed by atoms with Crippen molar-refractivity contribution in [3.05, 3.63) is 47.3 Å². The van der Waals surface area contributed by atoms with Crippen LogP contribution >= 0.6 is 0 Å². The molecule has 3 aromatic rings. The predicted octanol–water partition coefficient (Wildman–Crippen LogP) is 1.91. The van der Waals surface area contributed by atoms with E-state index in [1.807, 2.05) is 13.1 Å². The van der Waals surface area contributed by atoms with Gasteiger partial charge in [0.1, 0.15) is 0 Å². The predicted molar refractivity (Wildman–Crippen MR) is 83.7 cm³/mol. The fourth-order valence-corrected chi connectivity index (χ4v) is 3.10. The lowest BCUT2D eigenvalue weighted by Gasteiger charge is -2.38. The maximum absolute atomic E-state index is 4.65. The number of aryl methyl sites for hydroxylation is 3. The third-order valence-corrected chi connectivity index (χ3v) is 4.24. The van der Waals surface area contributed by atoms with Crippen molar-refractivity contribution >= 4 is 5.78 Å². The van der Waals surface area contributed by atoms with Crippen molar-refractivity contribution in [2.75, 3.05) is 13.1 Å². The second-order valence-corrected chi connectivity index (χ2v) is 6.29. The van der Waals surface area contributed by atoms with Crippen molar-refractivity contribution in [2.45, 2.75) is 33.4 Å². The fourth-order valence-electron chi connectivity index (χ4n) is 3.10. The molecule has 1 fully saturated rings. The Bertz CT molecular complexity index is 824. The van der Waals surface area contributed by atoms with Crippen LogP contribution in [0.2, 0.25) is 0 Å². The summed E-state index contributed by atoms with van der Waals surface area (Å²) in [5.41, 5.74) is 4.49. The van der Waals surface area contributed by atoms with E-state index in [4.69, 9.17) is 0 Å². The Morgan fingerprint density at radius 1 is 1.14 bits per heavy atom. The van der Waals surface area contributed by atoms with Crippen LogP contribution < -0.4 is 0 Å². The lowest BCUT2D eigenvalue weighted by Crippen LogP contribution is -2.47. The minimum Gasteiger partial charge on any atom is -0.293 e. The molecule has 0 bridgehead atoms. The Balaban J connectivity index is 1.46. The van der Waals surface area contributed by atoms with Gasteiger partial charge in [-0.25, -0.2) is 9.97 Å². The molecule has 22 heavy (non-hydrogen) atoms. The molecule has 0 amide bonds. The van der Waals surface area contributed by atoms with Crippen molar-refractivity contribution in [1.29, 1.82) is 0 Å². The largest absolute Gasteiger partial charge is 0.293 e. The third kappa shape index (κ3) is 2.29. The highest BCUT2D eigenvalue weighted by Crippen LogP contribution is 2.23. The number of nitrogens with zero attached hydrogens (tertiary/aromatic N) is 6. The zero-order valence-corrected chi connectivity index (χ0v) is 13.2. The molecule has 0 spiro atoms. The summed E-state index contributed by atoms with van der Waals surface area (Å²) >= 11 is 0. The summed E-state index contributed by atoms with van der Waals surface area (Å²) in [6.45, 7) is 9.10. The van der Waals surface area contributed by atoms with Gasteiger partial charge in [-0.05, 0) is 32.4 Å². The zero-order chi connectivity index (χ0) is 15.3. The molecule has 0 aromatic carbocycles. The Morgan fingerprint density at radius 2 is 1.95 bits per heavy atom. The van der Waals surface area contributed by atoms with Crippen molar-refractivity contribution < 1.29 is 0 Å². The van der Waals surface area contributed by atoms with Gasteiger partial charge >= 0.3 is 0 Å². The molecule has 6 heteroatoms. The SMILES string of the molecule is Cc1cnn(C2CN(Cc3cn4c(C)cc(C)nc4n3)C2)c1. The molecular formula is C16H20N6. The number of likely N-dealkylation sites (tertiary alicyclic amines) is 1. The van der Waals surface area contributed by atoms with Gasteiger partial charge in [-0.3, -0.25) is 14.0 Å². The smallest absolute Gasteiger partial charge is 0.234 e. The zero-order valence-electron chi connectivity index (χ0n) is 13.2.